The van der Waals surface area contributed by atoms with Gasteiger partial charge < -0.3 is 14.6 Å². The fourth-order valence-corrected chi connectivity index (χ4v) is 2.68. The Morgan fingerprint density at radius 2 is 2.24 bits per heavy atom. The number of hydrogen-bond acceptors (Lipinski definition) is 3. The highest BCUT2D eigenvalue weighted by molar-refractivity contribution is 5.73. The molecule has 0 bridgehead atoms. The van der Waals surface area contributed by atoms with Crippen LogP contribution in [0.2, 0.25) is 0 Å². The molecule has 0 aliphatic carbocycles. The van der Waals surface area contributed by atoms with Gasteiger partial charge in [0.25, 0.3) is 0 Å². The van der Waals surface area contributed by atoms with Gasteiger partial charge in [-0.15, -0.1) is 0 Å². The van der Waals surface area contributed by atoms with Crippen molar-refractivity contribution in [1.29, 1.82) is 0 Å². The number of amides is 2. The predicted octanol–water partition coefficient (Wildman–Crippen LogP) is 2.54. The van der Waals surface area contributed by atoms with E-state index in [-0.39, 0.29) is 6.03 Å². The maximum atomic E-state index is 12.1. The summed E-state index contributed by atoms with van der Waals surface area (Å²) in [7, 11) is 1.78. The Kier molecular flexibility index (Phi) is 5.67. The van der Waals surface area contributed by atoms with Gasteiger partial charge in [0, 0.05) is 19.6 Å². The second-order valence-corrected chi connectivity index (χ2v) is 6.19. The van der Waals surface area contributed by atoms with Gasteiger partial charge in [-0.05, 0) is 50.9 Å². The van der Waals surface area contributed by atoms with Crippen molar-refractivity contribution in [3.63, 3.8) is 0 Å². The van der Waals surface area contributed by atoms with Crippen LogP contribution in [0.5, 0.6) is 0 Å². The van der Waals surface area contributed by atoms with E-state index in [1.807, 2.05) is 12.1 Å². The van der Waals surface area contributed by atoms with Crippen LogP contribution in [0.4, 0.5) is 4.79 Å². The molecular formula is C16H27N3O2. The summed E-state index contributed by atoms with van der Waals surface area (Å²) in [6.45, 7) is 7.96. The molecule has 2 heterocycles. The maximum absolute atomic E-state index is 12.1. The SMILES string of the molecule is CC1CCN(C(C)CNC(=O)N(C)Cc2ccco2)CC1. The van der Waals surface area contributed by atoms with Gasteiger partial charge in [0.15, 0.2) is 0 Å². The van der Waals surface area contributed by atoms with Crippen molar-refractivity contribution >= 4 is 6.03 Å². The van der Waals surface area contributed by atoms with Crippen molar-refractivity contribution in [3.8, 4) is 0 Å². The van der Waals surface area contributed by atoms with Gasteiger partial charge in [-0.3, -0.25) is 4.90 Å². The highest BCUT2D eigenvalue weighted by atomic mass is 16.3. The Morgan fingerprint density at radius 1 is 1.52 bits per heavy atom. The van der Waals surface area contributed by atoms with Crippen molar-refractivity contribution in [2.45, 2.75) is 39.3 Å². The number of hydrogen-bond donors (Lipinski definition) is 1. The van der Waals surface area contributed by atoms with Crippen molar-refractivity contribution in [3.05, 3.63) is 24.2 Å². The molecule has 2 amide bonds. The van der Waals surface area contributed by atoms with Gasteiger partial charge in [0.05, 0.1) is 12.8 Å². The fourth-order valence-electron chi connectivity index (χ4n) is 2.68. The van der Waals surface area contributed by atoms with E-state index in [0.717, 1.165) is 24.8 Å². The van der Waals surface area contributed by atoms with E-state index in [2.05, 4.69) is 24.1 Å². The zero-order chi connectivity index (χ0) is 15.2. The van der Waals surface area contributed by atoms with Crippen molar-refractivity contribution in [2.75, 3.05) is 26.7 Å². The summed E-state index contributed by atoms with van der Waals surface area (Å²) < 4.78 is 5.26. The monoisotopic (exact) mass is 293 g/mol. The molecule has 1 aliphatic heterocycles. The van der Waals surface area contributed by atoms with Gasteiger partial charge in [-0.1, -0.05) is 6.92 Å². The summed E-state index contributed by atoms with van der Waals surface area (Å²) in [4.78, 5) is 16.2. The number of urea groups is 1. The summed E-state index contributed by atoms with van der Waals surface area (Å²) in [6, 6.07) is 4.05. The second-order valence-electron chi connectivity index (χ2n) is 6.19. The highest BCUT2D eigenvalue weighted by Crippen LogP contribution is 2.17. The molecule has 1 aromatic heterocycles. The number of piperidine rings is 1. The first-order valence-electron chi connectivity index (χ1n) is 7.81. The number of likely N-dealkylation sites (tertiary alicyclic amines) is 1. The third kappa shape index (κ3) is 4.77. The minimum Gasteiger partial charge on any atom is -0.467 e. The summed E-state index contributed by atoms with van der Waals surface area (Å²) in [6.07, 6.45) is 4.15. The second kappa shape index (κ2) is 7.50. The molecule has 1 saturated heterocycles. The highest BCUT2D eigenvalue weighted by Gasteiger charge is 2.21. The van der Waals surface area contributed by atoms with E-state index in [9.17, 15) is 4.79 Å². The predicted molar refractivity (Wildman–Crippen MR) is 83.0 cm³/mol. The first kappa shape index (κ1) is 15.9. The molecule has 5 nitrogen and oxygen atoms in total. The molecule has 1 aliphatic rings. The van der Waals surface area contributed by atoms with E-state index >= 15 is 0 Å². The Balaban J connectivity index is 1.70. The molecule has 2 rings (SSSR count). The molecule has 1 unspecified atom stereocenters. The number of carbonyl (C=O) groups is 1. The first-order valence-corrected chi connectivity index (χ1v) is 7.81. The molecular weight excluding hydrogens is 266 g/mol. The molecule has 0 saturated carbocycles. The van der Waals surface area contributed by atoms with E-state index in [4.69, 9.17) is 4.42 Å². The van der Waals surface area contributed by atoms with Crippen LogP contribution in [0.25, 0.3) is 0 Å². The number of carbonyl (C=O) groups excluding carboxylic acids is 1. The summed E-state index contributed by atoms with van der Waals surface area (Å²) >= 11 is 0. The lowest BCUT2D eigenvalue weighted by Gasteiger charge is -2.35. The molecule has 1 aromatic rings. The topological polar surface area (TPSA) is 48.7 Å². The van der Waals surface area contributed by atoms with Crippen LogP contribution in [0.15, 0.2) is 22.8 Å². The van der Waals surface area contributed by atoms with E-state index in [1.54, 1.807) is 18.2 Å². The van der Waals surface area contributed by atoms with Crippen LogP contribution >= 0.6 is 0 Å². The minimum atomic E-state index is -0.0522. The van der Waals surface area contributed by atoms with Gasteiger partial charge >= 0.3 is 6.03 Å². The largest absolute Gasteiger partial charge is 0.467 e. The van der Waals surface area contributed by atoms with Gasteiger partial charge in [0.2, 0.25) is 0 Å². The molecule has 1 atom stereocenters. The number of nitrogens with one attached hydrogen (secondary N) is 1. The number of nitrogens with zero attached hydrogens (tertiary/aromatic N) is 2. The molecule has 0 aromatic carbocycles. The average Bonchev–Trinajstić information content (AvgIpc) is 2.98. The zero-order valence-corrected chi connectivity index (χ0v) is 13.3. The van der Waals surface area contributed by atoms with E-state index < -0.39 is 0 Å². The van der Waals surface area contributed by atoms with Crippen LogP contribution in [0.3, 0.4) is 0 Å². The van der Waals surface area contributed by atoms with Gasteiger partial charge in [-0.2, -0.15) is 0 Å². The third-order valence-corrected chi connectivity index (χ3v) is 4.31. The van der Waals surface area contributed by atoms with Crippen LogP contribution in [0, 0.1) is 5.92 Å². The lowest BCUT2D eigenvalue weighted by molar-refractivity contribution is 0.142. The zero-order valence-electron chi connectivity index (χ0n) is 13.3. The van der Waals surface area contributed by atoms with Crippen molar-refractivity contribution in [1.82, 2.24) is 15.1 Å². The Labute approximate surface area is 127 Å². The van der Waals surface area contributed by atoms with Crippen LogP contribution < -0.4 is 5.32 Å². The molecule has 21 heavy (non-hydrogen) atoms. The van der Waals surface area contributed by atoms with E-state index in [1.165, 1.54) is 12.8 Å². The minimum absolute atomic E-state index is 0.0522. The quantitative estimate of drug-likeness (QED) is 0.907. The van der Waals surface area contributed by atoms with Crippen LogP contribution in [0.1, 0.15) is 32.4 Å². The molecule has 118 valence electrons. The smallest absolute Gasteiger partial charge is 0.317 e. The fraction of sp³-hybridized carbons (Fsp3) is 0.688. The third-order valence-electron chi connectivity index (χ3n) is 4.31. The van der Waals surface area contributed by atoms with Crippen molar-refractivity contribution < 1.29 is 9.21 Å². The average molecular weight is 293 g/mol. The number of furan rings is 1. The molecule has 0 spiro atoms. The molecule has 0 radical (unpaired) electrons. The standard InChI is InChI=1S/C16H27N3O2/c1-13-6-8-19(9-7-13)14(2)11-17-16(20)18(3)12-15-5-4-10-21-15/h4-5,10,13-14H,6-9,11-12H2,1-3H3,(H,17,20). The van der Waals surface area contributed by atoms with E-state index in [0.29, 0.717) is 19.1 Å². The maximum Gasteiger partial charge on any atom is 0.317 e. The Bertz CT molecular complexity index is 425. The Morgan fingerprint density at radius 3 is 2.86 bits per heavy atom. The first-order chi connectivity index (χ1) is 10.1. The Hall–Kier alpha value is -1.49. The van der Waals surface area contributed by atoms with Gasteiger partial charge in [-0.25, -0.2) is 4.79 Å². The van der Waals surface area contributed by atoms with Crippen LogP contribution in [-0.4, -0.2) is 48.6 Å². The molecule has 5 heteroatoms. The summed E-state index contributed by atoms with van der Waals surface area (Å²) in [5.41, 5.74) is 0. The molecule has 1 N–H and O–H groups in total. The normalized spacial score (nSPS) is 18.4. The van der Waals surface area contributed by atoms with Crippen LogP contribution in [-0.2, 0) is 6.54 Å². The summed E-state index contributed by atoms with van der Waals surface area (Å²) in [5.74, 6) is 1.63. The lowest BCUT2D eigenvalue weighted by atomic mass is 9.98. The van der Waals surface area contributed by atoms with Crippen molar-refractivity contribution in [2.24, 2.45) is 5.92 Å². The molecule has 1 fully saturated rings. The number of rotatable bonds is 5. The van der Waals surface area contributed by atoms with Gasteiger partial charge in [0.1, 0.15) is 5.76 Å². The summed E-state index contributed by atoms with van der Waals surface area (Å²) in [5, 5.41) is 3.01. The lowest BCUT2D eigenvalue weighted by Crippen LogP contribution is -2.47.